The van der Waals surface area contributed by atoms with Crippen molar-refractivity contribution in [3.8, 4) is 0 Å². The lowest BCUT2D eigenvalue weighted by Gasteiger charge is -2.07. The summed E-state index contributed by atoms with van der Waals surface area (Å²) in [5, 5.41) is 13.0. The molecule has 116 valence electrons. The number of fused-ring (bicyclic) bond motifs is 1. The number of hydrogen-bond donors (Lipinski definition) is 3. The third-order valence-electron chi connectivity index (χ3n) is 3.44. The van der Waals surface area contributed by atoms with Crippen molar-refractivity contribution < 1.29 is 9.59 Å². The van der Waals surface area contributed by atoms with E-state index in [1.54, 1.807) is 24.4 Å². The van der Waals surface area contributed by atoms with Crippen LogP contribution in [0.2, 0.25) is 0 Å². The van der Waals surface area contributed by atoms with Crippen molar-refractivity contribution in [1.29, 1.82) is 0 Å². The van der Waals surface area contributed by atoms with E-state index in [1.165, 1.54) is 0 Å². The molecule has 2 aromatic carbocycles. The van der Waals surface area contributed by atoms with Gasteiger partial charge < -0.3 is 10.6 Å². The number of benzene rings is 2. The third-order valence-corrected chi connectivity index (χ3v) is 3.44. The molecular formula is C17H16N4O2. The van der Waals surface area contributed by atoms with Gasteiger partial charge in [-0.2, -0.15) is 5.10 Å². The Morgan fingerprint density at radius 3 is 2.70 bits per heavy atom. The van der Waals surface area contributed by atoms with Gasteiger partial charge in [0.25, 0.3) is 5.91 Å². The summed E-state index contributed by atoms with van der Waals surface area (Å²) < 4.78 is 0. The molecule has 0 radical (unpaired) electrons. The zero-order valence-electron chi connectivity index (χ0n) is 12.4. The molecule has 0 saturated carbocycles. The fourth-order valence-electron chi connectivity index (χ4n) is 2.21. The molecule has 0 atom stereocenters. The second-order valence-electron chi connectivity index (χ2n) is 5.12. The fourth-order valence-corrected chi connectivity index (χ4v) is 2.21. The summed E-state index contributed by atoms with van der Waals surface area (Å²) in [4.78, 5) is 23.8. The Morgan fingerprint density at radius 2 is 1.87 bits per heavy atom. The van der Waals surface area contributed by atoms with Gasteiger partial charge in [0, 0.05) is 17.5 Å². The summed E-state index contributed by atoms with van der Waals surface area (Å²) in [6, 6.07) is 14.8. The van der Waals surface area contributed by atoms with Crippen LogP contribution < -0.4 is 10.6 Å². The molecule has 6 heteroatoms. The minimum Gasteiger partial charge on any atom is -0.350 e. The summed E-state index contributed by atoms with van der Waals surface area (Å²) >= 11 is 0. The monoisotopic (exact) mass is 308 g/mol. The number of aromatic amines is 1. The van der Waals surface area contributed by atoms with Crippen LogP contribution in [0.3, 0.4) is 0 Å². The minimum atomic E-state index is -0.289. The van der Waals surface area contributed by atoms with Gasteiger partial charge >= 0.3 is 0 Å². The molecule has 1 heterocycles. The molecule has 0 spiro atoms. The van der Waals surface area contributed by atoms with E-state index in [2.05, 4.69) is 20.8 Å². The van der Waals surface area contributed by atoms with Crippen LogP contribution in [-0.2, 0) is 11.3 Å². The summed E-state index contributed by atoms with van der Waals surface area (Å²) in [5.74, 6) is -0.519. The number of nitrogens with zero attached hydrogens (tertiary/aromatic N) is 1. The summed E-state index contributed by atoms with van der Waals surface area (Å²) in [6.45, 7) is 0.381. The van der Waals surface area contributed by atoms with Crippen molar-refractivity contribution in [2.24, 2.45) is 0 Å². The maximum atomic E-state index is 12.1. The van der Waals surface area contributed by atoms with E-state index < -0.39 is 0 Å². The number of rotatable bonds is 5. The van der Waals surface area contributed by atoms with E-state index in [1.807, 2.05) is 30.3 Å². The summed E-state index contributed by atoms with van der Waals surface area (Å²) in [7, 11) is 0. The van der Waals surface area contributed by atoms with E-state index in [0.717, 1.165) is 16.5 Å². The topological polar surface area (TPSA) is 86.9 Å². The second-order valence-corrected chi connectivity index (χ2v) is 5.12. The van der Waals surface area contributed by atoms with Crippen LogP contribution in [0.15, 0.2) is 54.7 Å². The van der Waals surface area contributed by atoms with Crippen molar-refractivity contribution in [1.82, 2.24) is 20.8 Å². The van der Waals surface area contributed by atoms with Crippen LogP contribution in [0.5, 0.6) is 0 Å². The molecule has 3 N–H and O–H groups in total. The van der Waals surface area contributed by atoms with E-state index in [0.29, 0.717) is 12.1 Å². The molecule has 6 nitrogen and oxygen atoms in total. The molecule has 0 fully saturated rings. The summed E-state index contributed by atoms with van der Waals surface area (Å²) in [6.07, 6.45) is 1.65. The van der Waals surface area contributed by atoms with Gasteiger partial charge in [-0.05, 0) is 23.8 Å². The molecule has 0 aliphatic heterocycles. The first-order valence-electron chi connectivity index (χ1n) is 7.24. The maximum absolute atomic E-state index is 12.1. The highest BCUT2D eigenvalue weighted by molar-refractivity contribution is 5.99. The van der Waals surface area contributed by atoms with Gasteiger partial charge in [0.2, 0.25) is 5.91 Å². The molecule has 23 heavy (non-hydrogen) atoms. The molecule has 1 aromatic heterocycles. The zero-order valence-corrected chi connectivity index (χ0v) is 12.4. The van der Waals surface area contributed by atoms with E-state index >= 15 is 0 Å². The van der Waals surface area contributed by atoms with Gasteiger partial charge in [-0.15, -0.1) is 0 Å². The lowest BCUT2D eigenvalue weighted by molar-refractivity contribution is -0.120. The molecule has 3 aromatic rings. The smallest absolute Gasteiger partial charge is 0.251 e. The van der Waals surface area contributed by atoms with Crippen molar-refractivity contribution in [3.05, 3.63) is 65.9 Å². The van der Waals surface area contributed by atoms with Crippen LogP contribution in [-0.4, -0.2) is 28.6 Å². The number of carbonyl (C=O) groups is 2. The van der Waals surface area contributed by atoms with Crippen molar-refractivity contribution >= 4 is 22.7 Å². The van der Waals surface area contributed by atoms with E-state index in [-0.39, 0.29) is 18.4 Å². The number of aromatic nitrogens is 2. The number of amides is 2. The molecule has 0 aliphatic carbocycles. The highest BCUT2D eigenvalue weighted by Crippen LogP contribution is 2.12. The molecular weight excluding hydrogens is 292 g/mol. The highest BCUT2D eigenvalue weighted by atomic mass is 16.2. The van der Waals surface area contributed by atoms with Gasteiger partial charge in [0.05, 0.1) is 18.3 Å². The van der Waals surface area contributed by atoms with Crippen LogP contribution in [0.4, 0.5) is 0 Å². The van der Waals surface area contributed by atoms with Gasteiger partial charge in [-0.25, -0.2) is 0 Å². The fraction of sp³-hybridized carbons (Fsp3) is 0.118. The Hall–Kier alpha value is -3.15. The Morgan fingerprint density at radius 1 is 1.04 bits per heavy atom. The predicted molar refractivity (Wildman–Crippen MR) is 86.7 cm³/mol. The average molecular weight is 308 g/mol. The number of hydrogen-bond acceptors (Lipinski definition) is 3. The minimum absolute atomic E-state index is 0.0604. The second kappa shape index (κ2) is 6.74. The van der Waals surface area contributed by atoms with Crippen molar-refractivity contribution in [3.63, 3.8) is 0 Å². The summed E-state index contributed by atoms with van der Waals surface area (Å²) in [5.41, 5.74) is 2.37. The van der Waals surface area contributed by atoms with Gasteiger partial charge in [0.15, 0.2) is 0 Å². The predicted octanol–water partition coefficient (Wildman–Crippen LogP) is 1.61. The largest absolute Gasteiger partial charge is 0.350 e. The van der Waals surface area contributed by atoms with Crippen LogP contribution >= 0.6 is 0 Å². The van der Waals surface area contributed by atoms with Crippen LogP contribution in [0.25, 0.3) is 10.9 Å². The Kier molecular flexibility index (Phi) is 4.33. The first-order chi connectivity index (χ1) is 11.2. The molecule has 0 saturated heterocycles. The first-order valence-corrected chi connectivity index (χ1v) is 7.24. The normalized spacial score (nSPS) is 10.4. The van der Waals surface area contributed by atoms with Gasteiger partial charge in [-0.3, -0.25) is 14.7 Å². The van der Waals surface area contributed by atoms with E-state index in [4.69, 9.17) is 0 Å². The third kappa shape index (κ3) is 3.74. The number of carbonyl (C=O) groups excluding carboxylic acids is 2. The molecule has 0 unspecified atom stereocenters. The highest BCUT2D eigenvalue weighted by Gasteiger charge is 2.09. The standard InChI is InChI=1S/C17H16N4O2/c22-16(18-9-12-4-2-1-3-5-12)11-19-17(23)13-6-7-15-14(8-13)10-20-21-15/h1-8,10H,9,11H2,(H,18,22)(H,19,23)(H,20,21). The maximum Gasteiger partial charge on any atom is 0.251 e. The quantitative estimate of drug-likeness (QED) is 0.669. The number of nitrogens with one attached hydrogen (secondary N) is 3. The van der Waals surface area contributed by atoms with Crippen molar-refractivity contribution in [2.45, 2.75) is 6.54 Å². The lowest BCUT2D eigenvalue weighted by Crippen LogP contribution is -2.36. The van der Waals surface area contributed by atoms with Crippen molar-refractivity contribution in [2.75, 3.05) is 6.54 Å². The zero-order chi connectivity index (χ0) is 16.1. The van der Waals surface area contributed by atoms with E-state index in [9.17, 15) is 9.59 Å². The van der Waals surface area contributed by atoms with Crippen LogP contribution in [0.1, 0.15) is 15.9 Å². The molecule has 3 rings (SSSR count). The Labute approximate surface area is 132 Å². The Balaban J connectivity index is 1.51. The van der Waals surface area contributed by atoms with Gasteiger partial charge in [0.1, 0.15) is 0 Å². The first kappa shape index (κ1) is 14.8. The number of H-pyrrole nitrogens is 1. The lowest BCUT2D eigenvalue weighted by atomic mass is 10.1. The Bertz CT molecular complexity index is 827. The van der Waals surface area contributed by atoms with Gasteiger partial charge in [-0.1, -0.05) is 30.3 Å². The molecule has 0 bridgehead atoms. The SMILES string of the molecule is O=C(CNC(=O)c1ccc2[nH]ncc2c1)NCc1ccccc1. The average Bonchev–Trinajstić information content (AvgIpc) is 3.06. The molecule has 0 aliphatic rings. The molecule has 2 amide bonds. The van der Waals surface area contributed by atoms with Crippen LogP contribution in [0, 0.1) is 0 Å².